The van der Waals surface area contributed by atoms with Gasteiger partial charge in [-0.15, -0.1) is 0 Å². The number of aliphatic carboxylic acids is 1. The third kappa shape index (κ3) is 15.0. The minimum Gasteiger partial charge on any atom is -0.481 e. The zero-order valence-electron chi connectivity index (χ0n) is 17.7. The van der Waals surface area contributed by atoms with Crippen molar-refractivity contribution in [1.82, 2.24) is 0 Å². The Hall–Kier alpha value is -1.83. The average molecular weight is 373 g/mol. The molecule has 0 amide bonds. The summed E-state index contributed by atoms with van der Waals surface area (Å²) < 4.78 is 0. The third-order valence-electron chi connectivity index (χ3n) is 4.80. The normalized spacial score (nSPS) is 15.0. The highest BCUT2D eigenvalue weighted by atomic mass is 16.4. The molecular formula is C25H40O2. The van der Waals surface area contributed by atoms with Crippen LogP contribution in [0.5, 0.6) is 0 Å². The molecule has 0 aliphatic rings. The van der Waals surface area contributed by atoms with Gasteiger partial charge >= 0.3 is 5.97 Å². The molecule has 0 aliphatic carbocycles. The van der Waals surface area contributed by atoms with E-state index in [0.717, 1.165) is 51.4 Å². The molecule has 2 unspecified atom stereocenters. The zero-order valence-corrected chi connectivity index (χ0v) is 17.7. The van der Waals surface area contributed by atoms with E-state index < -0.39 is 5.97 Å². The number of rotatable bonds is 16. The first kappa shape index (κ1) is 25.2. The van der Waals surface area contributed by atoms with Gasteiger partial charge < -0.3 is 5.11 Å². The maximum Gasteiger partial charge on any atom is 0.303 e. The molecule has 0 radical (unpaired) electrons. The van der Waals surface area contributed by atoms with Gasteiger partial charge in [-0.25, -0.2) is 0 Å². The molecule has 0 saturated carbocycles. The van der Waals surface area contributed by atoms with Crippen molar-refractivity contribution in [3.05, 3.63) is 60.8 Å². The van der Waals surface area contributed by atoms with E-state index in [1.165, 1.54) is 5.57 Å². The third-order valence-corrected chi connectivity index (χ3v) is 4.80. The van der Waals surface area contributed by atoms with Gasteiger partial charge in [0, 0.05) is 6.42 Å². The molecule has 0 saturated heterocycles. The van der Waals surface area contributed by atoms with Crippen molar-refractivity contribution in [2.45, 2.75) is 78.6 Å². The van der Waals surface area contributed by atoms with Crippen LogP contribution in [0.3, 0.4) is 0 Å². The predicted octanol–water partition coefficient (Wildman–Crippen LogP) is 7.66. The van der Waals surface area contributed by atoms with Gasteiger partial charge in [0.1, 0.15) is 0 Å². The molecule has 0 aliphatic heterocycles. The molecule has 2 heteroatoms. The first-order valence-corrected chi connectivity index (χ1v) is 10.6. The number of carboxylic acids is 1. The summed E-state index contributed by atoms with van der Waals surface area (Å²) >= 11 is 0. The maximum absolute atomic E-state index is 10.5. The molecule has 1 N–H and O–H groups in total. The fraction of sp³-hybridized carbons (Fsp3) is 0.560. The second-order valence-electron chi connectivity index (χ2n) is 7.14. The van der Waals surface area contributed by atoms with E-state index in [1.807, 2.05) is 6.08 Å². The summed E-state index contributed by atoms with van der Waals surface area (Å²) in [7, 11) is 0. The number of carboxylic acid groups (broad SMARTS) is 1. The van der Waals surface area contributed by atoms with E-state index in [-0.39, 0.29) is 6.42 Å². The lowest BCUT2D eigenvalue weighted by Crippen LogP contribution is -2.07. The van der Waals surface area contributed by atoms with Crippen LogP contribution in [-0.4, -0.2) is 11.1 Å². The Morgan fingerprint density at radius 1 is 1.04 bits per heavy atom. The molecule has 2 nitrogen and oxygen atoms in total. The van der Waals surface area contributed by atoms with Crippen molar-refractivity contribution in [1.29, 1.82) is 0 Å². The summed E-state index contributed by atoms with van der Waals surface area (Å²) in [6.45, 7) is 10.6. The SMILES string of the molecule is C=CC(=CC=CCC)CCCC=CC(CC)C(C)CC=CCCCC(=O)O. The standard InChI is InChI=1S/C25H40O2/c1-5-8-12-18-23(6-2)19-14-11-15-20-24(7-3)22(4)17-13-9-10-16-21-25(26)27/h6,8-9,12-13,15,18,20,22,24H,2,5,7,10-11,14,16-17,19,21H2,1,3-4H3,(H,26,27). The monoisotopic (exact) mass is 372 g/mol. The lowest BCUT2D eigenvalue weighted by molar-refractivity contribution is -0.137. The van der Waals surface area contributed by atoms with Gasteiger partial charge in [0.2, 0.25) is 0 Å². The number of hydrogen-bond donors (Lipinski definition) is 1. The lowest BCUT2D eigenvalue weighted by Gasteiger charge is -2.17. The van der Waals surface area contributed by atoms with Gasteiger partial charge in [0.25, 0.3) is 0 Å². The van der Waals surface area contributed by atoms with Crippen molar-refractivity contribution in [2.75, 3.05) is 0 Å². The summed E-state index contributed by atoms with van der Waals surface area (Å²) in [5, 5.41) is 8.63. The summed E-state index contributed by atoms with van der Waals surface area (Å²) in [5.74, 6) is 0.515. The number of unbranched alkanes of at least 4 members (excludes halogenated alkanes) is 2. The van der Waals surface area contributed by atoms with Crippen LogP contribution in [0.4, 0.5) is 0 Å². The Kier molecular flexibility index (Phi) is 16.4. The van der Waals surface area contributed by atoms with Crippen LogP contribution in [0.15, 0.2) is 60.8 Å². The molecule has 0 rings (SSSR count). The van der Waals surface area contributed by atoms with Crippen LogP contribution in [0.1, 0.15) is 78.6 Å². The van der Waals surface area contributed by atoms with Gasteiger partial charge in [-0.1, -0.05) is 76.0 Å². The average Bonchev–Trinajstić information content (AvgIpc) is 2.65. The van der Waals surface area contributed by atoms with E-state index in [4.69, 9.17) is 5.11 Å². The van der Waals surface area contributed by atoms with E-state index in [1.54, 1.807) is 0 Å². The fourth-order valence-corrected chi connectivity index (χ4v) is 2.98. The molecule has 152 valence electrons. The van der Waals surface area contributed by atoms with Crippen LogP contribution in [-0.2, 0) is 4.79 Å². The molecule has 0 fully saturated rings. The molecule has 27 heavy (non-hydrogen) atoms. The molecular weight excluding hydrogens is 332 g/mol. The molecule has 0 spiro atoms. The molecule has 0 aromatic heterocycles. The van der Waals surface area contributed by atoms with Gasteiger partial charge in [0.05, 0.1) is 0 Å². The summed E-state index contributed by atoms with van der Waals surface area (Å²) in [6, 6.07) is 0. The largest absolute Gasteiger partial charge is 0.481 e. The minimum atomic E-state index is -0.707. The quantitative estimate of drug-likeness (QED) is 0.171. The van der Waals surface area contributed by atoms with E-state index in [2.05, 4.69) is 69.9 Å². The number of carbonyl (C=O) groups is 1. The van der Waals surface area contributed by atoms with Crippen molar-refractivity contribution < 1.29 is 9.90 Å². The summed E-state index contributed by atoms with van der Waals surface area (Å²) in [4.78, 5) is 10.5. The van der Waals surface area contributed by atoms with Gasteiger partial charge in [-0.2, -0.15) is 0 Å². The van der Waals surface area contributed by atoms with Crippen molar-refractivity contribution in [3.63, 3.8) is 0 Å². The second kappa shape index (κ2) is 17.6. The van der Waals surface area contributed by atoms with Crippen molar-refractivity contribution in [3.8, 4) is 0 Å². The highest BCUT2D eigenvalue weighted by Crippen LogP contribution is 2.22. The van der Waals surface area contributed by atoms with Crippen LogP contribution >= 0.6 is 0 Å². The Balaban J connectivity index is 4.16. The molecule has 0 aromatic carbocycles. The Morgan fingerprint density at radius 2 is 1.74 bits per heavy atom. The molecule has 2 atom stereocenters. The Morgan fingerprint density at radius 3 is 2.37 bits per heavy atom. The van der Waals surface area contributed by atoms with Gasteiger partial charge in [0.15, 0.2) is 0 Å². The van der Waals surface area contributed by atoms with Crippen LogP contribution in [0.25, 0.3) is 0 Å². The lowest BCUT2D eigenvalue weighted by atomic mass is 9.88. The summed E-state index contributed by atoms with van der Waals surface area (Å²) in [6.07, 6.45) is 26.0. The first-order chi connectivity index (χ1) is 13.0. The van der Waals surface area contributed by atoms with Crippen LogP contribution in [0, 0.1) is 11.8 Å². The Bertz CT molecular complexity index is 508. The highest BCUT2D eigenvalue weighted by molar-refractivity contribution is 5.66. The van der Waals surface area contributed by atoms with Crippen molar-refractivity contribution >= 4 is 5.97 Å². The molecule has 0 heterocycles. The number of allylic oxidation sites excluding steroid dienone is 9. The van der Waals surface area contributed by atoms with Gasteiger partial charge in [-0.05, 0) is 68.8 Å². The fourth-order valence-electron chi connectivity index (χ4n) is 2.98. The maximum atomic E-state index is 10.5. The van der Waals surface area contributed by atoms with E-state index in [9.17, 15) is 4.79 Å². The predicted molar refractivity (Wildman–Crippen MR) is 119 cm³/mol. The zero-order chi connectivity index (χ0) is 20.3. The first-order valence-electron chi connectivity index (χ1n) is 10.6. The smallest absolute Gasteiger partial charge is 0.303 e. The van der Waals surface area contributed by atoms with E-state index >= 15 is 0 Å². The molecule has 0 aromatic rings. The van der Waals surface area contributed by atoms with E-state index in [0.29, 0.717) is 11.8 Å². The number of hydrogen-bond acceptors (Lipinski definition) is 1. The van der Waals surface area contributed by atoms with Crippen LogP contribution < -0.4 is 0 Å². The highest BCUT2D eigenvalue weighted by Gasteiger charge is 2.10. The van der Waals surface area contributed by atoms with Crippen LogP contribution in [0.2, 0.25) is 0 Å². The van der Waals surface area contributed by atoms with Crippen molar-refractivity contribution in [2.24, 2.45) is 11.8 Å². The van der Waals surface area contributed by atoms with Gasteiger partial charge in [-0.3, -0.25) is 4.79 Å². The topological polar surface area (TPSA) is 37.3 Å². The Labute approximate surface area is 167 Å². The molecule has 0 bridgehead atoms. The minimum absolute atomic E-state index is 0.262. The summed E-state index contributed by atoms with van der Waals surface area (Å²) in [5.41, 5.74) is 1.31. The second-order valence-corrected chi connectivity index (χ2v) is 7.14.